The van der Waals surface area contributed by atoms with Crippen LogP contribution in [0, 0.1) is 5.92 Å². The van der Waals surface area contributed by atoms with Gasteiger partial charge in [0.1, 0.15) is 24.2 Å². The van der Waals surface area contributed by atoms with Crippen LogP contribution in [-0.2, 0) is 28.8 Å². The number of hydrogen-bond acceptors (Lipinski definition) is 7. The number of likely N-dealkylation sites (tertiary alicyclic amines) is 2. The van der Waals surface area contributed by atoms with Gasteiger partial charge < -0.3 is 36.4 Å². The van der Waals surface area contributed by atoms with Crippen LogP contribution < -0.4 is 16.4 Å². The summed E-state index contributed by atoms with van der Waals surface area (Å²) in [5.74, 6) is -4.83. The molecule has 2 saturated heterocycles. The molecule has 0 radical (unpaired) electrons. The first-order valence-electron chi connectivity index (χ1n) is 12.3. The number of carboxylic acids is 2. The third kappa shape index (κ3) is 7.15. The maximum atomic E-state index is 13.3. The second-order valence-corrected chi connectivity index (χ2v) is 9.73. The molecule has 2 heterocycles. The van der Waals surface area contributed by atoms with E-state index in [1.807, 2.05) is 0 Å². The van der Waals surface area contributed by atoms with Gasteiger partial charge in [0, 0.05) is 19.5 Å². The maximum absolute atomic E-state index is 13.3. The molecule has 36 heavy (non-hydrogen) atoms. The maximum Gasteiger partial charge on any atom is 0.326 e. The van der Waals surface area contributed by atoms with E-state index in [1.54, 1.807) is 13.8 Å². The molecule has 13 heteroatoms. The van der Waals surface area contributed by atoms with Gasteiger partial charge in [0.05, 0.1) is 6.04 Å². The Hall–Kier alpha value is -3.22. The Morgan fingerprint density at radius 2 is 1.44 bits per heavy atom. The van der Waals surface area contributed by atoms with Crippen LogP contribution in [0.2, 0.25) is 0 Å². The minimum Gasteiger partial charge on any atom is -0.481 e. The third-order valence-corrected chi connectivity index (χ3v) is 6.56. The van der Waals surface area contributed by atoms with Gasteiger partial charge in [-0.1, -0.05) is 13.8 Å². The van der Waals surface area contributed by atoms with Crippen molar-refractivity contribution in [1.82, 2.24) is 20.4 Å². The molecule has 5 atom stereocenters. The van der Waals surface area contributed by atoms with Gasteiger partial charge in [-0.25, -0.2) is 4.79 Å². The number of carboxylic acid groups (broad SMARTS) is 2. The first kappa shape index (κ1) is 29.0. The number of nitrogens with zero attached hydrogens (tertiary/aromatic N) is 2. The highest BCUT2D eigenvalue weighted by atomic mass is 16.4. The van der Waals surface area contributed by atoms with E-state index in [2.05, 4.69) is 10.6 Å². The van der Waals surface area contributed by atoms with E-state index in [0.29, 0.717) is 25.7 Å². The normalized spacial score (nSPS) is 22.1. The van der Waals surface area contributed by atoms with Gasteiger partial charge in [-0.15, -0.1) is 0 Å². The predicted molar refractivity (Wildman–Crippen MR) is 126 cm³/mol. The smallest absolute Gasteiger partial charge is 0.326 e. The van der Waals surface area contributed by atoms with E-state index in [1.165, 1.54) is 16.7 Å². The molecule has 2 fully saturated rings. The first-order valence-corrected chi connectivity index (χ1v) is 12.3. The van der Waals surface area contributed by atoms with Gasteiger partial charge in [0.2, 0.25) is 23.6 Å². The topological polar surface area (TPSA) is 199 Å². The molecule has 0 bridgehead atoms. The summed E-state index contributed by atoms with van der Waals surface area (Å²) in [6.07, 6.45) is 1.18. The van der Waals surface area contributed by atoms with E-state index in [-0.39, 0.29) is 31.8 Å². The number of carbonyl (C=O) groups excluding carboxylic acids is 4. The van der Waals surface area contributed by atoms with Gasteiger partial charge >= 0.3 is 11.9 Å². The van der Waals surface area contributed by atoms with Gasteiger partial charge in [-0.2, -0.15) is 0 Å². The number of amides is 4. The van der Waals surface area contributed by atoms with Crippen molar-refractivity contribution in [3.05, 3.63) is 0 Å². The molecular weight excluding hydrogens is 474 g/mol. The van der Waals surface area contributed by atoms with Gasteiger partial charge in [-0.05, 0) is 44.9 Å². The Bertz CT molecular complexity index is 877. The van der Waals surface area contributed by atoms with E-state index in [4.69, 9.17) is 10.8 Å². The van der Waals surface area contributed by atoms with E-state index >= 15 is 0 Å². The van der Waals surface area contributed by atoms with Crippen molar-refractivity contribution in [2.24, 2.45) is 11.7 Å². The van der Waals surface area contributed by atoms with E-state index in [0.717, 1.165) is 0 Å². The lowest BCUT2D eigenvalue weighted by Crippen LogP contribution is -2.59. The lowest BCUT2D eigenvalue weighted by molar-refractivity contribution is -0.150. The number of nitrogens with one attached hydrogen (secondary N) is 2. The fraction of sp³-hybridized carbons (Fsp3) is 0.739. The molecule has 0 unspecified atom stereocenters. The molecule has 0 aromatic heterocycles. The van der Waals surface area contributed by atoms with Crippen LogP contribution in [0.5, 0.6) is 0 Å². The molecule has 0 aromatic rings. The second kappa shape index (κ2) is 12.7. The Balaban J connectivity index is 2.17. The lowest BCUT2D eigenvalue weighted by atomic mass is 10.0. The van der Waals surface area contributed by atoms with Crippen LogP contribution in [0.1, 0.15) is 59.3 Å². The molecule has 202 valence electrons. The molecule has 2 rings (SSSR count). The Labute approximate surface area is 209 Å². The number of nitrogens with two attached hydrogens (primary N) is 1. The second-order valence-electron chi connectivity index (χ2n) is 9.73. The molecule has 0 aliphatic carbocycles. The van der Waals surface area contributed by atoms with Gasteiger partial charge in [0.15, 0.2) is 0 Å². The summed E-state index contributed by atoms with van der Waals surface area (Å²) in [5, 5.41) is 23.7. The number of rotatable bonds is 11. The SMILES string of the molecule is CC(C)[C@H](NC(=O)[C@@H]1CCCN1C(=O)[C@H](CCC(=O)O)NC(=O)[C@H](C)N)C(=O)N1CCC[C@H]1C(=O)O. The summed E-state index contributed by atoms with van der Waals surface area (Å²) in [4.78, 5) is 76.9. The predicted octanol–water partition coefficient (Wildman–Crippen LogP) is -1.11. The number of carbonyl (C=O) groups is 6. The molecule has 0 aromatic carbocycles. The summed E-state index contributed by atoms with van der Waals surface area (Å²) in [7, 11) is 0. The average Bonchev–Trinajstić information content (AvgIpc) is 3.48. The van der Waals surface area contributed by atoms with Gasteiger partial charge in [-0.3, -0.25) is 24.0 Å². The van der Waals surface area contributed by atoms with Crippen molar-refractivity contribution in [2.45, 2.75) is 89.5 Å². The van der Waals surface area contributed by atoms with E-state index in [9.17, 15) is 33.9 Å². The van der Waals surface area contributed by atoms with Crippen molar-refractivity contribution in [1.29, 1.82) is 0 Å². The third-order valence-electron chi connectivity index (χ3n) is 6.56. The zero-order valence-electron chi connectivity index (χ0n) is 20.9. The zero-order chi connectivity index (χ0) is 27.2. The molecule has 13 nitrogen and oxygen atoms in total. The molecule has 2 aliphatic heterocycles. The Morgan fingerprint density at radius 1 is 0.889 bits per heavy atom. The highest BCUT2D eigenvalue weighted by Crippen LogP contribution is 2.23. The van der Waals surface area contributed by atoms with Crippen molar-refractivity contribution >= 4 is 35.6 Å². The molecular formula is C23H37N5O8. The van der Waals surface area contributed by atoms with Crippen LogP contribution in [-0.4, -0.2) is 98.9 Å². The number of hydrogen-bond donors (Lipinski definition) is 5. The van der Waals surface area contributed by atoms with Crippen molar-refractivity contribution in [3.8, 4) is 0 Å². The Kier molecular flexibility index (Phi) is 10.2. The van der Waals surface area contributed by atoms with Crippen LogP contribution in [0.4, 0.5) is 0 Å². The summed E-state index contributed by atoms with van der Waals surface area (Å²) in [6.45, 7) is 5.41. The molecule has 2 aliphatic rings. The summed E-state index contributed by atoms with van der Waals surface area (Å²) < 4.78 is 0. The molecule has 0 saturated carbocycles. The Morgan fingerprint density at radius 3 is 1.94 bits per heavy atom. The van der Waals surface area contributed by atoms with Crippen LogP contribution in [0.3, 0.4) is 0 Å². The van der Waals surface area contributed by atoms with Crippen molar-refractivity contribution < 1.29 is 39.0 Å². The monoisotopic (exact) mass is 511 g/mol. The summed E-state index contributed by atoms with van der Waals surface area (Å²) in [6, 6.07) is -4.92. The summed E-state index contributed by atoms with van der Waals surface area (Å²) in [5.41, 5.74) is 5.57. The van der Waals surface area contributed by atoms with Crippen LogP contribution in [0.15, 0.2) is 0 Å². The van der Waals surface area contributed by atoms with Gasteiger partial charge in [0.25, 0.3) is 0 Å². The lowest BCUT2D eigenvalue weighted by Gasteiger charge is -2.32. The average molecular weight is 512 g/mol. The van der Waals surface area contributed by atoms with Crippen molar-refractivity contribution in [3.63, 3.8) is 0 Å². The largest absolute Gasteiger partial charge is 0.481 e. The fourth-order valence-corrected chi connectivity index (χ4v) is 4.56. The fourth-order valence-electron chi connectivity index (χ4n) is 4.56. The molecule has 6 N–H and O–H groups in total. The zero-order valence-corrected chi connectivity index (χ0v) is 20.9. The first-order chi connectivity index (χ1) is 16.8. The quantitative estimate of drug-likeness (QED) is 0.228. The highest BCUT2D eigenvalue weighted by molar-refractivity contribution is 5.96. The van der Waals surface area contributed by atoms with Crippen LogP contribution in [0.25, 0.3) is 0 Å². The summed E-state index contributed by atoms with van der Waals surface area (Å²) >= 11 is 0. The number of aliphatic carboxylic acids is 2. The van der Waals surface area contributed by atoms with E-state index < -0.39 is 65.8 Å². The van der Waals surface area contributed by atoms with Crippen LogP contribution >= 0.6 is 0 Å². The minimum atomic E-state index is -1.17. The molecule has 0 spiro atoms. The standard InChI is InChI=1S/C23H37N5O8/c1-12(2)18(22(34)28-11-5-7-16(28)23(35)36)26-20(32)15-6-4-10-27(15)21(33)14(8-9-17(29)30)25-19(31)13(3)24/h12-16,18H,4-11,24H2,1-3H3,(H,25,31)(H,26,32)(H,29,30)(H,35,36)/t13-,14-,15-,16-,18-/m0/s1. The highest BCUT2D eigenvalue weighted by Gasteiger charge is 2.42. The van der Waals surface area contributed by atoms with Crippen molar-refractivity contribution in [2.75, 3.05) is 13.1 Å². The minimum absolute atomic E-state index is 0.171. The molecule has 4 amide bonds.